The van der Waals surface area contributed by atoms with Crippen LogP contribution in [0.2, 0.25) is 0 Å². The molecule has 27 heavy (non-hydrogen) atoms. The van der Waals surface area contributed by atoms with Crippen molar-refractivity contribution >= 4 is 43.2 Å². The molecular weight excluding hydrogens is 432 g/mol. The summed E-state index contributed by atoms with van der Waals surface area (Å²) in [5.74, 6) is -0.275. The molecule has 0 saturated heterocycles. The maximum atomic E-state index is 12.6. The molecule has 0 radical (unpaired) electrons. The highest BCUT2D eigenvalue weighted by Crippen LogP contribution is 2.22. The molecule has 2 N–H and O–H groups in total. The standard InChI is InChI=1S/C19H17BrN2O4S/c1-2-13-5-3-4-6-16(13)22-27(24,25)15-9-7-14(8-10-15)21-19(23)17-11-12-18(20)26-17/h3-12,22H,2H2,1H3,(H,21,23). The minimum atomic E-state index is -3.73. The molecule has 0 aliphatic heterocycles. The molecule has 0 bridgehead atoms. The molecule has 1 aromatic heterocycles. The zero-order chi connectivity index (χ0) is 19.4. The van der Waals surface area contributed by atoms with E-state index in [1.165, 1.54) is 30.3 Å². The quantitative estimate of drug-likeness (QED) is 0.573. The van der Waals surface area contributed by atoms with Gasteiger partial charge in [-0.1, -0.05) is 25.1 Å². The third-order valence-electron chi connectivity index (χ3n) is 3.86. The Labute approximate surface area is 165 Å². The summed E-state index contributed by atoms with van der Waals surface area (Å²) in [7, 11) is -3.73. The molecule has 0 aliphatic rings. The summed E-state index contributed by atoms with van der Waals surface area (Å²) in [6.07, 6.45) is 0.715. The Hall–Kier alpha value is -2.58. The van der Waals surface area contributed by atoms with Gasteiger partial charge in [0.25, 0.3) is 15.9 Å². The van der Waals surface area contributed by atoms with Gasteiger partial charge in [0.1, 0.15) is 0 Å². The van der Waals surface area contributed by atoms with Crippen molar-refractivity contribution in [1.82, 2.24) is 0 Å². The molecule has 0 spiro atoms. The lowest BCUT2D eigenvalue weighted by atomic mass is 10.1. The molecule has 140 valence electrons. The average Bonchev–Trinajstić information content (AvgIpc) is 3.09. The maximum Gasteiger partial charge on any atom is 0.291 e. The van der Waals surface area contributed by atoms with Crippen molar-refractivity contribution < 1.29 is 17.6 Å². The summed E-state index contributed by atoms with van der Waals surface area (Å²) < 4.78 is 33.5. The van der Waals surface area contributed by atoms with Gasteiger partial charge >= 0.3 is 0 Å². The number of amides is 1. The van der Waals surface area contributed by atoms with Crippen LogP contribution in [0.5, 0.6) is 0 Å². The predicted molar refractivity (Wildman–Crippen MR) is 107 cm³/mol. The SMILES string of the molecule is CCc1ccccc1NS(=O)(=O)c1ccc(NC(=O)c2ccc(Br)o2)cc1. The molecule has 1 amide bonds. The summed E-state index contributed by atoms with van der Waals surface area (Å²) in [5, 5.41) is 2.65. The average molecular weight is 449 g/mol. The monoisotopic (exact) mass is 448 g/mol. The van der Waals surface area contributed by atoms with Crippen molar-refractivity contribution in [1.29, 1.82) is 0 Å². The van der Waals surface area contributed by atoms with Crippen LogP contribution in [0.4, 0.5) is 11.4 Å². The second kappa shape index (κ2) is 7.98. The number of sulfonamides is 1. The molecule has 3 rings (SSSR count). The number of rotatable bonds is 6. The Morgan fingerprint density at radius 1 is 1.04 bits per heavy atom. The smallest absolute Gasteiger partial charge is 0.291 e. The second-order valence-electron chi connectivity index (χ2n) is 5.70. The highest BCUT2D eigenvalue weighted by Gasteiger charge is 2.16. The number of aryl methyl sites for hydroxylation is 1. The van der Waals surface area contributed by atoms with Crippen LogP contribution in [0.15, 0.2) is 74.6 Å². The van der Waals surface area contributed by atoms with Crippen molar-refractivity contribution in [2.75, 3.05) is 10.0 Å². The number of furan rings is 1. The van der Waals surface area contributed by atoms with Gasteiger partial charge in [0.2, 0.25) is 0 Å². The largest absolute Gasteiger partial charge is 0.444 e. The van der Waals surface area contributed by atoms with E-state index in [0.717, 1.165) is 5.56 Å². The molecule has 1 heterocycles. The molecule has 0 unspecified atom stereocenters. The highest BCUT2D eigenvalue weighted by molar-refractivity contribution is 9.10. The molecule has 3 aromatic rings. The van der Waals surface area contributed by atoms with E-state index in [-0.39, 0.29) is 10.7 Å². The van der Waals surface area contributed by atoms with E-state index in [9.17, 15) is 13.2 Å². The molecule has 6 nitrogen and oxygen atoms in total. The van der Waals surface area contributed by atoms with E-state index in [1.807, 2.05) is 19.1 Å². The van der Waals surface area contributed by atoms with E-state index in [0.29, 0.717) is 22.5 Å². The first-order valence-corrected chi connectivity index (χ1v) is 10.4. The first-order chi connectivity index (χ1) is 12.9. The van der Waals surface area contributed by atoms with Gasteiger partial charge in [0.05, 0.1) is 10.6 Å². The Balaban J connectivity index is 1.75. The number of benzene rings is 2. The number of anilines is 2. The third-order valence-corrected chi connectivity index (χ3v) is 5.67. The zero-order valence-corrected chi connectivity index (χ0v) is 16.8. The fraction of sp³-hybridized carbons (Fsp3) is 0.105. The molecule has 0 saturated carbocycles. The number of carbonyl (C=O) groups excluding carboxylic acids is 1. The van der Waals surface area contributed by atoms with Crippen molar-refractivity contribution in [2.24, 2.45) is 0 Å². The summed E-state index contributed by atoms with van der Waals surface area (Å²) in [6, 6.07) is 16.3. The summed E-state index contributed by atoms with van der Waals surface area (Å²) in [5.41, 5.74) is 1.93. The Kier molecular flexibility index (Phi) is 5.67. The number of carbonyl (C=O) groups is 1. The molecule has 0 aliphatic carbocycles. The number of halogens is 1. The zero-order valence-electron chi connectivity index (χ0n) is 14.4. The first kappa shape index (κ1) is 19.2. The Bertz CT molecular complexity index is 1060. The van der Waals surface area contributed by atoms with E-state index >= 15 is 0 Å². The molecular formula is C19H17BrN2O4S. The highest BCUT2D eigenvalue weighted by atomic mass is 79.9. The fourth-order valence-corrected chi connectivity index (χ4v) is 3.89. The van der Waals surface area contributed by atoms with Gasteiger partial charge in [-0.3, -0.25) is 9.52 Å². The van der Waals surface area contributed by atoms with Crippen LogP contribution in [0.1, 0.15) is 23.0 Å². The Morgan fingerprint density at radius 2 is 1.74 bits per heavy atom. The first-order valence-electron chi connectivity index (χ1n) is 8.16. The number of para-hydroxylation sites is 1. The normalized spacial score (nSPS) is 11.2. The van der Waals surface area contributed by atoms with Crippen LogP contribution in [-0.4, -0.2) is 14.3 Å². The third kappa shape index (κ3) is 4.58. The Morgan fingerprint density at radius 3 is 2.37 bits per heavy atom. The van der Waals surface area contributed by atoms with Crippen LogP contribution >= 0.6 is 15.9 Å². The van der Waals surface area contributed by atoms with Gasteiger partial charge < -0.3 is 9.73 Å². The topological polar surface area (TPSA) is 88.4 Å². The van der Waals surface area contributed by atoms with Crippen molar-refractivity contribution in [3.8, 4) is 0 Å². The molecule has 8 heteroatoms. The van der Waals surface area contributed by atoms with Crippen LogP contribution in [0, 0.1) is 0 Å². The van der Waals surface area contributed by atoms with Crippen molar-refractivity contribution in [3.63, 3.8) is 0 Å². The second-order valence-corrected chi connectivity index (χ2v) is 8.16. The molecule has 0 fully saturated rings. The van der Waals surface area contributed by atoms with Gasteiger partial charge in [0, 0.05) is 5.69 Å². The number of hydrogen-bond donors (Lipinski definition) is 2. The van der Waals surface area contributed by atoms with Crippen LogP contribution in [0.25, 0.3) is 0 Å². The van der Waals surface area contributed by atoms with Crippen LogP contribution < -0.4 is 10.0 Å². The van der Waals surface area contributed by atoms with E-state index in [1.54, 1.807) is 18.2 Å². The van der Waals surface area contributed by atoms with Gasteiger partial charge in [-0.15, -0.1) is 0 Å². The minimum Gasteiger partial charge on any atom is -0.444 e. The molecule has 2 aromatic carbocycles. The van der Waals surface area contributed by atoms with Gasteiger partial charge in [0.15, 0.2) is 10.4 Å². The van der Waals surface area contributed by atoms with Gasteiger partial charge in [-0.05, 0) is 70.4 Å². The van der Waals surface area contributed by atoms with E-state index in [2.05, 4.69) is 26.0 Å². The number of nitrogens with one attached hydrogen (secondary N) is 2. The van der Waals surface area contributed by atoms with Gasteiger partial charge in [-0.2, -0.15) is 0 Å². The summed E-state index contributed by atoms with van der Waals surface area (Å²) in [6.45, 7) is 1.96. The maximum absolute atomic E-state index is 12.6. The van der Waals surface area contributed by atoms with E-state index < -0.39 is 15.9 Å². The van der Waals surface area contributed by atoms with Crippen molar-refractivity contribution in [2.45, 2.75) is 18.2 Å². The lowest BCUT2D eigenvalue weighted by molar-refractivity contribution is 0.0995. The summed E-state index contributed by atoms with van der Waals surface area (Å²) >= 11 is 3.13. The summed E-state index contributed by atoms with van der Waals surface area (Å²) in [4.78, 5) is 12.2. The van der Waals surface area contributed by atoms with Gasteiger partial charge in [-0.25, -0.2) is 8.42 Å². The van der Waals surface area contributed by atoms with Crippen molar-refractivity contribution in [3.05, 3.63) is 76.7 Å². The minimum absolute atomic E-state index is 0.104. The van der Waals surface area contributed by atoms with E-state index in [4.69, 9.17) is 4.42 Å². The predicted octanol–water partition coefficient (Wildman–Crippen LogP) is 4.66. The fourth-order valence-electron chi connectivity index (χ4n) is 2.48. The number of hydrogen-bond acceptors (Lipinski definition) is 4. The van der Waals surface area contributed by atoms with Crippen LogP contribution in [0.3, 0.4) is 0 Å². The van der Waals surface area contributed by atoms with Crippen LogP contribution in [-0.2, 0) is 16.4 Å². The lowest BCUT2D eigenvalue weighted by Crippen LogP contribution is -2.15. The lowest BCUT2D eigenvalue weighted by Gasteiger charge is -2.12. The molecule has 0 atom stereocenters.